The summed E-state index contributed by atoms with van der Waals surface area (Å²) >= 11 is 0. The van der Waals surface area contributed by atoms with Gasteiger partial charge >= 0.3 is 0 Å². The summed E-state index contributed by atoms with van der Waals surface area (Å²) in [6.07, 6.45) is 4.34. The van der Waals surface area contributed by atoms with Crippen LogP contribution in [0, 0.1) is 5.92 Å². The van der Waals surface area contributed by atoms with Crippen LogP contribution in [0.4, 0.5) is 11.6 Å². The van der Waals surface area contributed by atoms with E-state index in [0.29, 0.717) is 0 Å². The van der Waals surface area contributed by atoms with E-state index in [1.807, 2.05) is 12.1 Å². The molecule has 3 saturated heterocycles. The monoisotopic (exact) mass is 388 g/mol. The fraction of sp³-hybridized carbons (Fsp3) is 0.750. The topological polar surface area (TPSA) is 73.8 Å². The van der Waals surface area contributed by atoms with Crippen LogP contribution in [-0.2, 0) is 9.53 Å². The molecule has 1 N–H and O–H groups in total. The lowest BCUT2D eigenvalue weighted by Gasteiger charge is -2.32. The molecule has 4 rings (SSSR count). The highest BCUT2D eigenvalue weighted by Crippen LogP contribution is 2.23. The Morgan fingerprint density at radius 1 is 0.964 bits per heavy atom. The third kappa shape index (κ3) is 4.91. The van der Waals surface area contributed by atoms with Gasteiger partial charge in [-0.05, 0) is 50.9 Å². The van der Waals surface area contributed by atoms with E-state index >= 15 is 0 Å². The SMILES string of the molecule is O=C(NCCN1CCCC1)C1CCN(c2ccc(N3CCOCC3)nn2)CC1. The van der Waals surface area contributed by atoms with Gasteiger partial charge in [0.05, 0.1) is 13.2 Å². The van der Waals surface area contributed by atoms with Crippen molar-refractivity contribution < 1.29 is 9.53 Å². The van der Waals surface area contributed by atoms with Crippen LogP contribution in [0.15, 0.2) is 12.1 Å². The number of rotatable bonds is 6. The average molecular weight is 389 g/mol. The molecule has 154 valence electrons. The van der Waals surface area contributed by atoms with Crippen LogP contribution in [-0.4, -0.2) is 86.6 Å². The summed E-state index contributed by atoms with van der Waals surface area (Å²) in [4.78, 5) is 19.3. The maximum atomic E-state index is 12.4. The summed E-state index contributed by atoms with van der Waals surface area (Å²) in [6, 6.07) is 4.10. The largest absolute Gasteiger partial charge is 0.378 e. The maximum absolute atomic E-state index is 12.4. The molecule has 28 heavy (non-hydrogen) atoms. The number of piperidine rings is 1. The number of ether oxygens (including phenoxy) is 1. The van der Waals surface area contributed by atoms with E-state index in [4.69, 9.17) is 4.74 Å². The molecular weight excluding hydrogens is 356 g/mol. The first-order valence-electron chi connectivity index (χ1n) is 10.7. The molecule has 0 aliphatic carbocycles. The molecule has 0 saturated carbocycles. The maximum Gasteiger partial charge on any atom is 0.223 e. The number of hydrogen-bond donors (Lipinski definition) is 1. The molecule has 0 unspecified atom stereocenters. The van der Waals surface area contributed by atoms with Crippen molar-refractivity contribution in [3.63, 3.8) is 0 Å². The van der Waals surface area contributed by atoms with Crippen molar-refractivity contribution in [2.45, 2.75) is 25.7 Å². The number of likely N-dealkylation sites (tertiary alicyclic amines) is 1. The van der Waals surface area contributed by atoms with Gasteiger partial charge in [-0.3, -0.25) is 4.79 Å². The van der Waals surface area contributed by atoms with Gasteiger partial charge in [-0.1, -0.05) is 0 Å². The van der Waals surface area contributed by atoms with Gasteiger partial charge in [0.25, 0.3) is 0 Å². The van der Waals surface area contributed by atoms with Crippen LogP contribution in [0.25, 0.3) is 0 Å². The standard InChI is InChI=1S/C20H32N6O2/c27-20(21-7-12-24-8-1-2-9-24)17-5-10-25(11-6-17)18-3-4-19(23-22-18)26-13-15-28-16-14-26/h3-4,17H,1-2,5-16H2,(H,21,27). The predicted octanol–water partition coefficient (Wildman–Crippen LogP) is 0.742. The third-order valence-electron chi connectivity index (χ3n) is 6.09. The summed E-state index contributed by atoms with van der Waals surface area (Å²) in [7, 11) is 0. The van der Waals surface area contributed by atoms with Gasteiger partial charge < -0.3 is 24.8 Å². The van der Waals surface area contributed by atoms with Gasteiger partial charge in [0, 0.05) is 45.2 Å². The molecule has 0 aromatic carbocycles. The van der Waals surface area contributed by atoms with Crippen molar-refractivity contribution in [1.29, 1.82) is 0 Å². The van der Waals surface area contributed by atoms with Crippen molar-refractivity contribution >= 4 is 17.5 Å². The Morgan fingerprint density at radius 2 is 1.57 bits per heavy atom. The molecule has 4 heterocycles. The number of aromatic nitrogens is 2. The van der Waals surface area contributed by atoms with Gasteiger partial charge in [-0.25, -0.2) is 0 Å². The number of hydrogen-bond acceptors (Lipinski definition) is 7. The van der Waals surface area contributed by atoms with E-state index in [9.17, 15) is 4.79 Å². The van der Waals surface area contributed by atoms with Crippen LogP contribution < -0.4 is 15.1 Å². The van der Waals surface area contributed by atoms with Crippen molar-refractivity contribution in [2.75, 3.05) is 75.4 Å². The van der Waals surface area contributed by atoms with E-state index in [1.165, 1.54) is 25.9 Å². The first-order valence-corrected chi connectivity index (χ1v) is 10.7. The quantitative estimate of drug-likeness (QED) is 0.771. The van der Waals surface area contributed by atoms with E-state index in [2.05, 4.69) is 30.2 Å². The Labute approximate surface area is 167 Å². The molecule has 1 aromatic heterocycles. The average Bonchev–Trinajstić information content (AvgIpc) is 3.28. The van der Waals surface area contributed by atoms with Gasteiger partial charge in [0.2, 0.25) is 5.91 Å². The molecule has 0 atom stereocenters. The number of morpholine rings is 1. The van der Waals surface area contributed by atoms with Crippen LogP contribution in [0.3, 0.4) is 0 Å². The third-order valence-corrected chi connectivity index (χ3v) is 6.09. The molecule has 3 fully saturated rings. The van der Waals surface area contributed by atoms with Crippen LogP contribution >= 0.6 is 0 Å². The molecule has 1 amide bonds. The fourth-order valence-corrected chi connectivity index (χ4v) is 4.31. The second kappa shape index (κ2) is 9.52. The molecule has 0 radical (unpaired) electrons. The lowest BCUT2D eigenvalue weighted by atomic mass is 9.96. The highest BCUT2D eigenvalue weighted by atomic mass is 16.5. The van der Waals surface area contributed by atoms with Crippen LogP contribution in [0.5, 0.6) is 0 Å². The normalized spacial score (nSPS) is 21.9. The van der Waals surface area contributed by atoms with E-state index in [1.54, 1.807) is 0 Å². The Bertz CT molecular complexity index is 620. The van der Waals surface area contributed by atoms with Crippen molar-refractivity contribution in [2.24, 2.45) is 5.92 Å². The zero-order valence-electron chi connectivity index (χ0n) is 16.7. The zero-order valence-corrected chi connectivity index (χ0v) is 16.7. The van der Waals surface area contributed by atoms with Crippen molar-refractivity contribution in [1.82, 2.24) is 20.4 Å². The van der Waals surface area contributed by atoms with Crippen LogP contribution in [0.1, 0.15) is 25.7 Å². The molecule has 1 aromatic rings. The lowest BCUT2D eigenvalue weighted by Crippen LogP contribution is -2.42. The number of nitrogens with one attached hydrogen (secondary N) is 1. The summed E-state index contributed by atoms with van der Waals surface area (Å²) in [6.45, 7) is 9.06. The molecule has 0 spiro atoms. The van der Waals surface area contributed by atoms with Gasteiger partial charge in [-0.15, -0.1) is 10.2 Å². The summed E-state index contributed by atoms with van der Waals surface area (Å²) in [5.74, 6) is 2.16. The summed E-state index contributed by atoms with van der Waals surface area (Å²) in [5, 5.41) is 12.0. The number of anilines is 2. The molecule has 0 bridgehead atoms. The van der Waals surface area contributed by atoms with Crippen LogP contribution in [0.2, 0.25) is 0 Å². The number of carbonyl (C=O) groups is 1. The van der Waals surface area contributed by atoms with E-state index in [0.717, 1.165) is 77.0 Å². The number of carbonyl (C=O) groups excluding carboxylic acids is 1. The molecular formula is C20H32N6O2. The van der Waals surface area contributed by atoms with Crippen molar-refractivity contribution in [3.05, 3.63) is 12.1 Å². The first kappa shape index (κ1) is 19.4. The molecule has 8 nitrogen and oxygen atoms in total. The Kier molecular flexibility index (Phi) is 6.59. The minimum Gasteiger partial charge on any atom is -0.378 e. The number of nitrogens with zero attached hydrogens (tertiary/aromatic N) is 5. The molecule has 3 aliphatic heterocycles. The molecule has 3 aliphatic rings. The highest BCUT2D eigenvalue weighted by Gasteiger charge is 2.26. The minimum absolute atomic E-state index is 0.121. The fourth-order valence-electron chi connectivity index (χ4n) is 4.31. The Balaban J connectivity index is 1.20. The smallest absolute Gasteiger partial charge is 0.223 e. The lowest BCUT2D eigenvalue weighted by molar-refractivity contribution is -0.125. The Hall–Kier alpha value is -1.93. The predicted molar refractivity (Wildman–Crippen MR) is 109 cm³/mol. The first-order chi connectivity index (χ1) is 13.8. The molecule has 8 heteroatoms. The second-order valence-corrected chi connectivity index (χ2v) is 7.95. The highest BCUT2D eigenvalue weighted by molar-refractivity contribution is 5.79. The second-order valence-electron chi connectivity index (χ2n) is 7.95. The van der Waals surface area contributed by atoms with Crippen molar-refractivity contribution in [3.8, 4) is 0 Å². The van der Waals surface area contributed by atoms with E-state index in [-0.39, 0.29) is 11.8 Å². The van der Waals surface area contributed by atoms with Gasteiger partial charge in [-0.2, -0.15) is 0 Å². The summed E-state index contributed by atoms with van der Waals surface area (Å²) in [5.41, 5.74) is 0. The van der Waals surface area contributed by atoms with Gasteiger partial charge in [0.1, 0.15) is 0 Å². The Morgan fingerprint density at radius 3 is 2.18 bits per heavy atom. The van der Waals surface area contributed by atoms with Gasteiger partial charge in [0.15, 0.2) is 11.6 Å². The number of amides is 1. The summed E-state index contributed by atoms with van der Waals surface area (Å²) < 4.78 is 5.39. The minimum atomic E-state index is 0.121. The van der Waals surface area contributed by atoms with E-state index < -0.39 is 0 Å². The zero-order chi connectivity index (χ0) is 19.2.